The van der Waals surface area contributed by atoms with E-state index in [1.807, 2.05) is 14.1 Å². The number of anilines is 2. The summed E-state index contributed by atoms with van der Waals surface area (Å²) in [6.45, 7) is 1.75. The average Bonchev–Trinajstić information content (AvgIpc) is 2.66. The first kappa shape index (κ1) is 20.8. The lowest BCUT2D eigenvalue weighted by atomic mass is 10.2. The number of rotatable bonds is 9. The van der Waals surface area contributed by atoms with E-state index in [1.165, 1.54) is 14.2 Å². The number of methoxy groups -OCH3 is 2. The lowest BCUT2D eigenvalue weighted by Gasteiger charge is -2.14. The van der Waals surface area contributed by atoms with Gasteiger partial charge >= 0.3 is 0 Å². The molecule has 1 amide bonds. The molecule has 0 saturated carbocycles. The Morgan fingerprint density at radius 2 is 1.93 bits per heavy atom. The van der Waals surface area contributed by atoms with Gasteiger partial charge in [0.15, 0.2) is 0 Å². The highest BCUT2D eigenvalue weighted by Gasteiger charge is 2.14. The number of nitrogens with one attached hydrogen (secondary N) is 2. The Labute approximate surface area is 164 Å². The summed E-state index contributed by atoms with van der Waals surface area (Å²) in [5.74, 6) is 1.27. The minimum Gasteiger partial charge on any atom is -0.495 e. The second-order valence-electron chi connectivity index (χ2n) is 6.15. The quantitative estimate of drug-likeness (QED) is 0.637. The van der Waals surface area contributed by atoms with E-state index in [0.717, 1.165) is 19.5 Å². The number of pyridine rings is 1. The fourth-order valence-electron chi connectivity index (χ4n) is 2.43. The first-order chi connectivity index (χ1) is 12.9. The number of carbonyl (C=O) groups excluding carboxylic acids is 1. The number of nitrogens with zero attached hydrogens (tertiary/aromatic N) is 2. The Morgan fingerprint density at radius 3 is 2.59 bits per heavy atom. The largest absolute Gasteiger partial charge is 0.495 e. The maximum atomic E-state index is 12.6. The van der Waals surface area contributed by atoms with Gasteiger partial charge < -0.3 is 25.0 Å². The maximum Gasteiger partial charge on any atom is 0.255 e. The van der Waals surface area contributed by atoms with Gasteiger partial charge in [0.05, 0.1) is 24.9 Å². The second kappa shape index (κ2) is 9.99. The molecular formula is C19H25ClN4O3. The summed E-state index contributed by atoms with van der Waals surface area (Å²) >= 11 is 6.10. The van der Waals surface area contributed by atoms with Crippen LogP contribution in [0.5, 0.6) is 11.5 Å². The molecule has 0 aliphatic heterocycles. The molecule has 1 heterocycles. The van der Waals surface area contributed by atoms with Crippen LogP contribution in [-0.4, -0.2) is 57.2 Å². The number of hydrogen-bond acceptors (Lipinski definition) is 6. The Morgan fingerprint density at radius 1 is 1.19 bits per heavy atom. The number of hydrogen-bond donors (Lipinski definition) is 2. The molecule has 1 aromatic carbocycles. The van der Waals surface area contributed by atoms with Crippen molar-refractivity contribution < 1.29 is 14.3 Å². The van der Waals surface area contributed by atoms with Crippen LogP contribution < -0.4 is 20.1 Å². The molecule has 0 aliphatic carbocycles. The van der Waals surface area contributed by atoms with Crippen molar-refractivity contribution in [3.8, 4) is 11.5 Å². The van der Waals surface area contributed by atoms with Crippen LogP contribution in [0.2, 0.25) is 5.02 Å². The molecule has 7 nitrogen and oxygen atoms in total. The lowest BCUT2D eigenvalue weighted by Crippen LogP contribution is -2.17. The second-order valence-corrected chi connectivity index (χ2v) is 6.56. The molecule has 8 heteroatoms. The molecular weight excluding hydrogens is 368 g/mol. The summed E-state index contributed by atoms with van der Waals surface area (Å²) < 4.78 is 10.5. The van der Waals surface area contributed by atoms with Crippen molar-refractivity contribution in [2.75, 3.05) is 52.0 Å². The standard InChI is InChI=1S/C19H25ClN4O3/c1-24(2)9-5-7-21-18-10-13(6-8-22-18)19(25)23-15-12-16(26-3)14(20)11-17(15)27-4/h6,8,10-12H,5,7,9H2,1-4H3,(H,21,22)(H,23,25). The van der Waals surface area contributed by atoms with E-state index in [0.29, 0.717) is 33.6 Å². The van der Waals surface area contributed by atoms with E-state index in [2.05, 4.69) is 20.5 Å². The highest BCUT2D eigenvalue weighted by atomic mass is 35.5. The van der Waals surface area contributed by atoms with Gasteiger partial charge in [0.25, 0.3) is 5.91 Å². The number of ether oxygens (including phenoxy) is 2. The van der Waals surface area contributed by atoms with E-state index in [4.69, 9.17) is 21.1 Å². The molecule has 0 aliphatic rings. The Hall–Kier alpha value is -2.51. The summed E-state index contributed by atoms with van der Waals surface area (Å²) in [4.78, 5) is 19.0. The molecule has 0 unspecified atom stereocenters. The predicted octanol–water partition coefficient (Wildman–Crippen LogP) is 3.37. The van der Waals surface area contributed by atoms with Crippen molar-refractivity contribution in [3.05, 3.63) is 41.0 Å². The summed E-state index contributed by atoms with van der Waals surface area (Å²) in [5, 5.41) is 6.46. The van der Waals surface area contributed by atoms with Gasteiger partial charge in [-0.3, -0.25) is 4.79 Å². The van der Waals surface area contributed by atoms with Crippen LogP contribution in [0.3, 0.4) is 0 Å². The monoisotopic (exact) mass is 392 g/mol. The van der Waals surface area contributed by atoms with Crippen LogP contribution in [0.25, 0.3) is 0 Å². The number of amides is 1. The van der Waals surface area contributed by atoms with E-state index in [9.17, 15) is 4.79 Å². The lowest BCUT2D eigenvalue weighted by molar-refractivity contribution is 0.102. The molecule has 27 heavy (non-hydrogen) atoms. The molecule has 0 bridgehead atoms. The van der Waals surface area contributed by atoms with Crippen molar-refractivity contribution in [1.29, 1.82) is 0 Å². The van der Waals surface area contributed by atoms with E-state index < -0.39 is 0 Å². The predicted molar refractivity (Wildman–Crippen MR) is 108 cm³/mol. The third kappa shape index (κ3) is 6.01. The van der Waals surface area contributed by atoms with Crippen LogP contribution in [0.1, 0.15) is 16.8 Å². The molecule has 1 aromatic heterocycles. The fraction of sp³-hybridized carbons (Fsp3) is 0.368. The maximum absolute atomic E-state index is 12.6. The minimum atomic E-state index is -0.281. The first-order valence-corrected chi connectivity index (χ1v) is 8.90. The smallest absolute Gasteiger partial charge is 0.255 e. The number of benzene rings is 1. The molecule has 146 valence electrons. The minimum absolute atomic E-state index is 0.281. The zero-order valence-corrected chi connectivity index (χ0v) is 16.8. The van der Waals surface area contributed by atoms with Crippen LogP contribution in [-0.2, 0) is 0 Å². The zero-order valence-electron chi connectivity index (χ0n) is 16.0. The molecule has 2 rings (SSSR count). The summed E-state index contributed by atoms with van der Waals surface area (Å²) in [7, 11) is 7.08. The summed E-state index contributed by atoms with van der Waals surface area (Å²) in [5.41, 5.74) is 0.956. The molecule has 0 spiro atoms. The van der Waals surface area contributed by atoms with Gasteiger partial charge in [-0.2, -0.15) is 0 Å². The van der Waals surface area contributed by atoms with Crippen molar-refractivity contribution in [2.45, 2.75) is 6.42 Å². The third-order valence-corrected chi connectivity index (χ3v) is 4.13. The molecule has 0 fully saturated rings. The van der Waals surface area contributed by atoms with Gasteiger partial charge in [0.2, 0.25) is 0 Å². The van der Waals surface area contributed by atoms with Gasteiger partial charge in [-0.15, -0.1) is 0 Å². The number of carbonyl (C=O) groups is 1. The molecule has 2 N–H and O–H groups in total. The summed E-state index contributed by atoms with van der Waals surface area (Å²) in [6, 6.07) is 6.59. The molecule has 2 aromatic rings. The molecule has 0 saturated heterocycles. The SMILES string of the molecule is COc1cc(NC(=O)c2ccnc(NCCCN(C)C)c2)c(OC)cc1Cl. The summed E-state index contributed by atoms with van der Waals surface area (Å²) in [6.07, 6.45) is 2.58. The van der Waals surface area contributed by atoms with Gasteiger partial charge in [-0.1, -0.05) is 11.6 Å². The van der Waals surface area contributed by atoms with Crippen molar-refractivity contribution in [3.63, 3.8) is 0 Å². The van der Waals surface area contributed by atoms with Crippen LogP contribution in [0, 0.1) is 0 Å². The Kier molecular flexibility index (Phi) is 7.69. The highest BCUT2D eigenvalue weighted by molar-refractivity contribution is 6.32. The van der Waals surface area contributed by atoms with Crippen LogP contribution in [0.4, 0.5) is 11.5 Å². The van der Waals surface area contributed by atoms with Crippen LogP contribution in [0.15, 0.2) is 30.5 Å². The Bertz CT molecular complexity index is 784. The van der Waals surface area contributed by atoms with E-state index in [-0.39, 0.29) is 5.91 Å². The highest BCUT2D eigenvalue weighted by Crippen LogP contribution is 2.36. The first-order valence-electron chi connectivity index (χ1n) is 8.52. The zero-order chi connectivity index (χ0) is 19.8. The van der Waals surface area contributed by atoms with Gasteiger partial charge in [0.1, 0.15) is 17.3 Å². The third-order valence-electron chi connectivity index (χ3n) is 3.83. The average molecular weight is 393 g/mol. The van der Waals surface area contributed by atoms with E-state index in [1.54, 1.807) is 30.5 Å². The normalized spacial score (nSPS) is 10.6. The van der Waals surface area contributed by atoms with E-state index >= 15 is 0 Å². The fourth-order valence-corrected chi connectivity index (χ4v) is 2.66. The van der Waals surface area contributed by atoms with Gasteiger partial charge in [-0.25, -0.2) is 4.98 Å². The van der Waals surface area contributed by atoms with Gasteiger partial charge in [-0.05, 0) is 39.2 Å². The molecule has 0 radical (unpaired) electrons. The van der Waals surface area contributed by atoms with Crippen molar-refractivity contribution >= 4 is 29.0 Å². The van der Waals surface area contributed by atoms with Crippen molar-refractivity contribution in [1.82, 2.24) is 9.88 Å². The Balaban J connectivity index is 2.09. The topological polar surface area (TPSA) is 75.7 Å². The number of aromatic nitrogens is 1. The number of halogens is 1. The van der Waals surface area contributed by atoms with Gasteiger partial charge in [0, 0.05) is 30.4 Å². The van der Waals surface area contributed by atoms with Crippen molar-refractivity contribution in [2.24, 2.45) is 0 Å². The molecule has 0 atom stereocenters. The van der Waals surface area contributed by atoms with Crippen LogP contribution >= 0.6 is 11.6 Å².